The number of amides is 1. The van der Waals surface area contributed by atoms with Crippen molar-refractivity contribution in [1.29, 1.82) is 0 Å². The molecular formula is C15H27N3O3. The van der Waals surface area contributed by atoms with Crippen LogP contribution < -0.4 is 5.32 Å². The quantitative estimate of drug-likeness (QED) is 0.770. The predicted molar refractivity (Wildman–Crippen MR) is 79.9 cm³/mol. The number of piperazine rings is 1. The number of nitrogens with zero attached hydrogens (tertiary/aromatic N) is 2. The fraction of sp³-hybridized carbons (Fsp3) is 0.867. The van der Waals surface area contributed by atoms with Crippen LogP contribution in [0.25, 0.3) is 0 Å². The van der Waals surface area contributed by atoms with Crippen LogP contribution >= 0.6 is 0 Å². The SMILES string of the molecule is CC1C[C@H](C(=O)NCC2CN(C)CCN2C)[C@H](C(=O)O)C1. The second-order valence-electron chi connectivity index (χ2n) is 6.77. The number of hydrogen-bond acceptors (Lipinski definition) is 4. The summed E-state index contributed by atoms with van der Waals surface area (Å²) in [6.07, 6.45) is 1.29. The number of aliphatic carboxylic acids is 1. The minimum atomic E-state index is -0.839. The standard InChI is InChI=1S/C15H27N3O3/c1-10-6-12(13(7-10)15(20)21)14(19)16-8-11-9-17(2)4-5-18(11)3/h10-13H,4-9H2,1-3H3,(H,16,19)(H,20,21)/t10?,11?,12-,13+/m0/s1. The molecule has 1 aliphatic heterocycles. The molecule has 120 valence electrons. The molecule has 0 spiro atoms. The fourth-order valence-corrected chi connectivity index (χ4v) is 3.53. The van der Waals surface area contributed by atoms with Gasteiger partial charge in [0.25, 0.3) is 0 Å². The van der Waals surface area contributed by atoms with Gasteiger partial charge in [0.15, 0.2) is 0 Å². The zero-order valence-corrected chi connectivity index (χ0v) is 13.2. The van der Waals surface area contributed by atoms with Crippen molar-refractivity contribution in [3.63, 3.8) is 0 Å². The molecule has 6 nitrogen and oxygen atoms in total. The highest BCUT2D eigenvalue weighted by atomic mass is 16.4. The molecule has 21 heavy (non-hydrogen) atoms. The van der Waals surface area contributed by atoms with Crippen LogP contribution in [0.1, 0.15) is 19.8 Å². The largest absolute Gasteiger partial charge is 0.481 e. The van der Waals surface area contributed by atoms with E-state index in [2.05, 4.69) is 29.2 Å². The summed E-state index contributed by atoms with van der Waals surface area (Å²) in [6.45, 7) is 5.58. The maximum absolute atomic E-state index is 12.3. The highest BCUT2D eigenvalue weighted by molar-refractivity contribution is 5.85. The highest BCUT2D eigenvalue weighted by Crippen LogP contribution is 2.36. The van der Waals surface area contributed by atoms with E-state index < -0.39 is 11.9 Å². The lowest BCUT2D eigenvalue weighted by molar-refractivity contribution is -0.146. The van der Waals surface area contributed by atoms with Gasteiger partial charge in [-0.25, -0.2) is 0 Å². The normalized spacial score (nSPS) is 34.8. The van der Waals surface area contributed by atoms with Crippen LogP contribution in [0.5, 0.6) is 0 Å². The molecule has 2 unspecified atom stereocenters. The van der Waals surface area contributed by atoms with Crippen molar-refractivity contribution in [2.45, 2.75) is 25.8 Å². The Morgan fingerprint density at radius 3 is 2.52 bits per heavy atom. The molecule has 2 fully saturated rings. The predicted octanol–water partition coefficient (Wildman–Crippen LogP) is 0.0953. The Hall–Kier alpha value is -1.14. The van der Waals surface area contributed by atoms with Crippen molar-refractivity contribution in [3.05, 3.63) is 0 Å². The third kappa shape index (κ3) is 3.95. The van der Waals surface area contributed by atoms with E-state index in [0.717, 1.165) is 19.6 Å². The molecule has 0 bridgehead atoms. The molecule has 1 heterocycles. The molecule has 1 aliphatic carbocycles. The van der Waals surface area contributed by atoms with E-state index in [1.54, 1.807) is 0 Å². The maximum atomic E-state index is 12.3. The average molecular weight is 297 g/mol. The number of hydrogen-bond donors (Lipinski definition) is 2. The van der Waals surface area contributed by atoms with Crippen LogP contribution in [0.2, 0.25) is 0 Å². The van der Waals surface area contributed by atoms with Gasteiger partial charge >= 0.3 is 5.97 Å². The Morgan fingerprint density at radius 2 is 1.86 bits per heavy atom. The van der Waals surface area contributed by atoms with Gasteiger partial charge in [0.2, 0.25) is 5.91 Å². The van der Waals surface area contributed by atoms with Crippen molar-refractivity contribution < 1.29 is 14.7 Å². The Labute approximate surface area is 126 Å². The Balaban J connectivity index is 1.87. The molecule has 0 aromatic heterocycles. The van der Waals surface area contributed by atoms with E-state index in [0.29, 0.717) is 31.3 Å². The molecule has 0 radical (unpaired) electrons. The second kappa shape index (κ2) is 6.75. The lowest BCUT2D eigenvalue weighted by Crippen LogP contribution is -2.55. The lowest BCUT2D eigenvalue weighted by Gasteiger charge is -2.37. The van der Waals surface area contributed by atoms with E-state index in [4.69, 9.17) is 0 Å². The van der Waals surface area contributed by atoms with Crippen LogP contribution in [0, 0.1) is 17.8 Å². The molecule has 1 saturated carbocycles. The number of carboxylic acids is 1. The zero-order valence-electron chi connectivity index (χ0n) is 13.2. The molecule has 2 aliphatic rings. The van der Waals surface area contributed by atoms with Gasteiger partial charge in [-0.05, 0) is 32.9 Å². The zero-order chi connectivity index (χ0) is 15.6. The van der Waals surface area contributed by atoms with Gasteiger partial charge in [-0.3, -0.25) is 14.5 Å². The average Bonchev–Trinajstić information content (AvgIpc) is 2.82. The first-order chi connectivity index (χ1) is 9.88. The summed E-state index contributed by atoms with van der Waals surface area (Å²) < 4.78 is 0. The number of nitrogens with one attached hydrogen (secondary N) is 1. The third-order valence-corrected chi connectivity index (χ3v) is 4.94. The lowest BCUT2D eigenvalue weighted by atomic mass is 9.95. The van der Waals surface area contributed by atoms with E-state index >= 15 is 0 Å². The van der Waals surface area contributed by atoms with Crippen molar-refractivity contribution in [3.8, 4) is 0 Å². The summed E-state index contributed by atoms with van der Waals surface area (Å²) in [4.78, 5) is 28.1. The van der Waals surface area contributed by atoms with Crippen LogP contribution in [-0.2, 0) is 9.59 Å². The van der Waals surface area contributed by atoms with Crippen LogP contribution in [0.4, 0.5) is 0 Å². The highest BCUT2D eigenvalue weighted by Gasteiger charge is 2.41. The molecule has 0 aromatic rings. The van der Waals surface area contributed by atoms with Crippen LogP contribution in [0.15, 0.2) is 0 Å². The minimum absolute atomic E-state index is 0.0895. The van der Waals surface area contributed by atoms with Gasteiger partial charge in [0.1, 0.15) is 0 Å². The maximum Gasteiger partial charge on any atom is 0.307 e. The van der Waals surface area contributed by atoms with Gasteiger partial charge in [0.05, 0.1) is 11.8 Å². The summed E-state index contributed by atoms with van der Waals surface area (Å²) in [5.41, 5.74) is 0. The molecule has 0 aromatic carbocycles. The monoisotopic (exact) mass is 297 g/mol. The summed E-state index contributed by atoms with van der Waals surface area (Å²) >= 11 is 0. The summed E-state index contributed by atoms with van der Waals surface area (Å²) in [5.74, 6) is -1.51. The summed E-state index contributed by atoms with van der Waals surface area (Å²) in [6, 6.07) is 0.301. The summed E-state index contributed by atoms with van der Waals surface area (Å²) in [5, 5.41) is 12.2. The third-order valence-electron chi connectivity index (χ3n) is 4.94. The van der Waals surface area contributed by atoms with Gasteiger partial charge in [-0.15, -0.1) is 0 Å². The van der Waals surface area contributed by atoms with Crippen molar-refractivity contribution in [1.82, 2.24) is 15.1 Å². The molecule has 4 atom stereocenters. The molecule has 2 rings (SSSR count). The molecular weight excluding hydrogens is 270 g/mol. The Morgan fingerprint density at radius 1 is 1.19 bits per heavy atom. The molecule has 1 amide bonds. The van der Waals surface area contributed by atoms with Gasteiger partial charge in [-0.2, -0.15) is 0 Å². The van der Waals surface area contributed by atoms with E-state index in [1.807, 2.05) is 6.92 Å². The minimum Gasteiger partial charge on any atom is -0.481 e. The first-order valence-corrected chi connectivity index (χ1v) is 7.77. The Kier molecular flexibility index (Phi) is 5.22. The second-order valence-corrected chi connectivity index (χ2v) is 6.77. The number of carboxylic acid groups (broad SMARTS) is 1. The van der Waals surface area contributed by atoms with E-state index in [9.17, 15) is 14.7 Å². The molecule has 6 heteroatoms. The summed E-state index contributed by atoms with van der Waals surface area (Å²) in [7, 11) is 4.16. The van der Waals surface area contributed by atoms with Crippen molar-refractivity contribution >= 4 is 11.9 Å². The van der Waals surface area contributed by atoms with Crippen LogP contribution in [0.3, 0.4) is 0 Å². The Bertz CT molecular complexity index is 402. The topological polar surface area (TPSA) is 72.9 Å². The number of likely N-dealkylation sites (N-methyl/N-ethyl adjacent to an activating group) is 2. The first kappa shape index (κ1) is 16.2. The number of carbonyl (C=O) groups excluding carboxylic acids is 1. The number of rotatable bonds is 4. The van der Waals surface area contributed by atoms with Gasteiger partial charge in [0, 0.05) is 32.2 Å². The molecule has 1 saturated heterocycles. The van der Waals surface area contributed by atoms with Gasteiger partial charge in [-0.1, -0.05) is 6.92 Å². The van der Waals surface area contributed by atoms with E-state index in [1.165, 1.54) is 0 Å². The van der Waals surface area contributed by atoms with Crippen LogP contribution in [-0.4, -0.2) is 73.1 Å². The van der Waals surface area contributed by atoms with Crippen molar-refractivity contribution in [2.24, 2.45) is 17.8 Å². The fourth-order valence-electron chi connectivity index (χ4n) is 3.53. The first-order valence-electron chi connectivity index (χ1n) is 7.77. The van der Waals surface area contributed by atoms with Gasteiger partial charge < -0.3 is 15.3 Å². The van der Waals surface area contributed by atoms with Crippen molar-refractivity contribution in [2.75, 3.05) is 40.3 Å². The molecule has 2 N–H and O–H groups in total. The smallest absolute Gasteiger partial charge is 0.307 e. The number of carbonyl (C=O) groups is 2. The van der Waals surface area contributed by atoms with E-state index in [-0.39, 0.29) is 11.8 Å².